The molecule has 1 amide bonds. The van der Waals surface area contributed by atoms with Gasteiger partial charge in [0.15, 0.2) is 12.4 Å². The van der Waals surface area contributed by atoms with Gasteiger partial charge in [-0.1, -0.05) is 0 Å². The quantitative estimate of drug-likeness (QED) is 0.517. The number of aliphatic hydroxyl groups is 1. The van der Waals surface area contributed by atoms with Gasteiger partial charge in [0.1, 0.15) is 6.10 Å². The zero-order chi connectivity index (χ0) is 16.4. The molecule has 1 rings (SSSR count). The van der Waals surface area contributed by atoms with Crippen molar-refractivity contribution in [3.63, 3.8) is 0 Å². The monoisotopic (exact) mass is 347 g/mol. The van der Waals surface area contributed by atoms with Crippen LogP contribution in [-0.2, 0) is 38.1 Å². The summed E-state index contributed by atoms with van der Waals surface area (Å²) in [5, 5.41) is 12.0. The van der Waals surface area contributed by atoms with Crippen LogP contribution in [-0.4, -0.2) is 71.5 Å². The molecule has 0 saturated carbocycles. The number of carbonyl (C=O) groups excluding carboxylic acids is 1. The van der Waals surface area contributed by atoms with E-state index in [1.54, 1.807) is 0 Å². The van der Waals surface area contributed by atoms with Crippen LogP contribution >= 0.6 is 0 Å². The fourth-order valence-corrected chi connectivity index (χ4v) is 3.05. The second kappa shape index (κ2) is 6.54. The Hall–Kier alpha value is -0.790. The molecule has 0 unspecified atom stereocenters. The molecule has 2 N–H and O–H groups in total. The average Bonchev–Trinajstić information content (AvgIpc) is 2.23. The highest BCUT2D eigenvalue weighted by atomic mass is 32.2. The van der Waals surface area contributed by atoms with Crippen LogP contribution in [0.1, 0.15) is 6.92 Å². The standard InChI is InChI=1S/C9H17NO9S2/c1-5(11)10-7-6(18-20(2,13)14)4-17-9(12)8(7)19-21(3,15)16/h6-9,12H,4H2,1-3H3,(H,10,11)/t6-,7-,8-,9+/m1/s1. The van der Waals surface area contributed by atoms with Gasteiger partial charge in [-0.3, -0.25) is 13.2 Å². The Morgan fingerprint density at radius 3 is 2.14 bits per heavy atom. The maximum atomic E-state index is 11.2. The van der Waals surface area contributed by atoms with Crippen LogP contribution in [0.4, 0.5) is 0 Å². The van der Waals surface area contributed by atoms with E-state index >= 15 is 0 Å². The van der Waals surface area contributed by atoms with E-state index in [9.17, 15) is 26.7 Å². The summed E-state index contributed by atoms with van der Waals surface area (Å²) in [6, 6.07) is -1.23. The van der Waals surface area contributed by atoms with Crippen molar-refractivity contribution < 1.29 is 39.8 Å². The first-order chi connectivity index (χ1) is 9.39. The van der Waals surface area contributed by atoms with Crippen molar-refractivity contribution in [2.24, 2.45) is 0 Å². The number of ether oxygens (including phenoxy) is 1. The van der Waals surface area contributed by atoms with Crippen molar-refractivity contribution in [1.29, 1.82) is 0 Å². The van der Waals surface area contributed by atoms with Crippen LogP contribution in [0, 0.1) is 0 Å². The molecule has 124 valence electrons. The Balaban J connectivity index is 3.07. The van der Waals surface area contributed by atoms with E-state index in [0.29, 0.717) is 0 Å². The summed E-state index contributed by atoms with van der Waals surface area (Å²) in [5.41, 5.74) is 0. The number of rotatable bonds is 5. The summed E-state index contributed by atoms with van der Waals surface area (Å²) in [4.78, 5) is 11.2. The van der Waals surface area contributed by atoms with Crippen molar-refractivity contribution in [1.82, 2.24) is 5.32 Å². The van der Waals surface area contributed by atoms with Crippen molar-refractivity contribution in [2.75, 3.05) is 19.1 Å². The third kappa shape index (κ3) is 6.23. The molecule has 1 heterocycles. The van der Waals surface area contributed by atoms with E-state index in [0.717, 1.165) is 19.4 Å². The summed E-state index contributed by atoms with van der Waals surface area (Å²) in [5.74, 6) is -0.585. The zero-order valence-corrected chi connectivity index (χ0v) is 13.2. The maximum absolute atomic E-state index is 11.2. The van der Waals surface area contributed by atoms with Crippen molar-refractivity contribution in [3.05, 3.63) is 0 Å². The molecule has 1 aliphatic heterocycles. The lowest BCUT2D eigenvalue weighted by Gasteiger charge is -2.39. The van der Waals surface area contributed by atoms with Crippen molar-refractivity contribution in [3.8, 4) is 0 Å². The molecule has 10 nitrogen and oxygen atoms in total. The predicted molar refractivity (Wildman–Crippen MR) is 69.0 cm³/mol. The molecular formula is C9H17NO9S2. The van der Waals surface area contributed by atoms with Gasteiger partial charge in [0.25, 0.3) is 20.2 Å². The molecule has 0 aromatic carbocycles. The van der Waals surface area contributed by atoms with E-state index in [1.807, 2.05) is 0 Å². The lowest BCUT2D eigenvalue weighted by molar-refractivity contribution is -0.210. The molecule has 1 fully saturated rings. The topological polar surface area (TPSA) is 145 Å². The molecule has 0 aromatic rings. The van der Waals surface area contributed by atoms with Gasteiger partial charge >= 0.3 is 0 Å². The van der Waals surface area contributed by atoms with E-state index in [1.165, 1.54) is 0 Å². The number of aliphatic hydroxyl groups excluding tert-OH is 1. The van der Waals surface area contributed by atoms with Gasteiger partial charge in [0.05, 0.1) is 25.2 Å². The Kier molecular flexibility index (Phi) is 5.69. The van der Waals surface area contributed by atoms with E-state index in [4.69, 9.17) is 8.92 Å². The summed E-state index contributed by atoms with van der Waals surface area (Å²) >= 11 is 0. The number of carbonyl (C=O) groups is 1. The minimum Gasteiger partial charge on any atom is -0.366 e. The molecule has 0 bridgehead atoms. The summed E-state index contributed by atoms with van der Waals surface area (Å²) in [7, 11) is -7.88. The molecule has 4 atom stereocenters. The molecule has 0 spiro atoms. The second-order valence-corrected chi connectivity index (χ2v) is 7.76. The van der Waals surface area contributed by atoms with E-state index < -0.39 is 50.7 Å². The number of hydrogen-bond acceptors (Lipinski definition) is 9. The highest BCUT2D eigenvalue weighted by Crippen LogP contribution is 2.22. The highest BCUT2D eigenvalue weighted by Gasteiger charge is 2.45. The molecule has 1 saturated heterocycles. The fraction of sp³-hybridized carbons (Fsp3) is 0.889. The van der Waals surface area contributed by atoms with E-state index in [-0.39, 0.29) is 6.61 Å². The van der Waals surface area contributed by atoms with Gasteiger partial charge in [0, 0.05) is 6.92 Å². The van der Waals surface area contributed by atoms with Crippen LogP contribution in [0.3, 0.4) is 0 Å². The number of amides is 1. The molecule has 0 radical (unpaired) electrons. The van der Waals surface area contributed by atoms with Crippen LogP contribution in [0.5, 0.6) is 0 Å². The largest absolute Gasteiger partial charge is 0.366 e. The smallest absolute Gasteiger partial charge is 0.264 e. The third-order valence-electron chi connectivity index (χ3n) is 2.42. The first-order valence-corrected chi connectivity index (χ1v) is 9.35. The van der Waals surface area contributed by atoms with E-state index in [2.05, 4.69) is 9.50 Å². The van der Waals surface area contributed by atoms with Crippen molar-refractivity contribution >= 4 is 26.1 Å². The van der Waals surface area contributed by atoms with Gasteiger partial charge in [-0.2, -0.15) is 16.8 Å². The summed E-state index contributed by atoms with van der Waals surface area (Å²) in [6.07, 6.45) is -2.92. The first-order valence-electron chi connectivity index (χ1n) is 5.72. The van der Waals surface area contributed by atoms with Gasteiger partial charge in [-0.05, 0) is 0 Å². The number of hydrogen-bond donors (Lipinski definition) is 2. The maximum Gasteiger partial charge on any atom is 0.264 e. The summed E-state index contributed by atoms with van der Waals surface area (Å²) < 4.78 is 59.0. The molecule has 21 heavy (non-hydrogen) atoms. The Morgan fingerprint density at radius 2 is 1.71 bits per heavy atom. The SMILES string of the molecule is CC(=O)N[C@H]1[C@@H](OS(C)(=O)=O)[C@@H](O)OC[C@H]1OS(C)(=O)=O. The zero-order valence-electron chi connectivity index (χ0n) is 11.5. The fourth-order valence-electron chi connectivity index (χ4n) is 1.81. The van der Waals surface area contributed by atoms with Gasteiger partial charge in [-0.25, -0.2) is 0 Å². The third-order valence-corrected chi connectivity index (χ3v) is 3.59. The normalized spacial score (nSPS) is 30.9. The number of nitrogens with one attached hydrogen (secondary N) is 1. The Labute approximate surface area is 122 Å². The predicted octanol–water partition coefficient (Wildman–Crippen LogP) is -2.47. The minimum atomic E-state index is -3.99. The van der Waals surface area contributed by atoms with Crippen LogP contribution in [0.2, 0.25) is 0 Å². The molecular weight excluding hydrogens is 330 g/mol. The first kappa shape index (κ1) is 18.3. The van der Waals surface area contributed by atoms with Crippen LogP contribution in [0.25, 0.3) is 0 Å². The highest BCUT2D eigenvalue weighted by molar-refractivity contribution is 7.86. The van der Waals surface area contributed by atoms with Gasteiger partial charge in [0.2, 0.25) is 5.91 Å². The van der Waals surface area contributed by atoms with Crippen LogP contribution in [0.15, 0.2) is 0 Å². The van der Waals surface area contributed by atoms with Gasteiger partial charge in [-0.15, -0.1) is 0 Å². The molecule has 1 aliphatic rings. The second-order valence-electron chi connectivity index (χ2n) is 4.55. The molecule has 12 heteroatoms. The lowest BCUT2D eigenvalue weighted by atomic mass is 10.0. The minimum absolute atomic E-state index is 0.372. The molecule has 0 aliphatic carbocycles. The van der Waals surface area contributed by atoms with Crippen LogP contribution < -0.4 is 5.32 Å². The Morgan fingerprint density at radius 1 is 1.19 bits per heavy atom. The molecule has 0 aromatic heterocycles. The Bertz CT molecular complexity index is 584. The lowest BCUT2D eigenvalue weighted by Crippen LogP contribution is -2.62. The summed E-state index contributed by atoms with van der Waals surface area (Å²) in [6.45, 7) is 0.764. The van der Waals surface area contributed by atoms with Gasteiger partial charge < -0.3 is 15.2 Å². The average molecular weight is 347 g/mol. The van der Waals surface area contributed by atoms with Crippen molar-refractivity contribution in [2.45, 2.75) is 31.5 Å².